The molecule has 0 saturated heterocycles. The van der Waals surface area contributed by atoms with Gasteiger partial charge < -0.3 is 4.74 Å². The van der Waals surface area contributed by atoms with Crippen molar-refractivity contribution >= 4 is 10.0 Å². The molecule has 1 atom stereocenters. The zero-order valence-corrected chi connectivity index (χ0v) is 15.9. The minimum absolute atomic E-state index is 0.290. The summed E-state index contributed by atoms with van der Waals surface area (Å²) in [6, 6.07) is 9.17. The zero-order valence-electron chi connectivity index (χ0n) is 15.1. The number of aryl methyl sites for hydroxylation is 4. The number of hydrogen-bond acceptors (Lipinski definition) is 3. The molecule has 0 aliphatic heterocycles. The van der Waals surface area contributed by atoms with Gasteiger partial charge in [0.1, 0.15) is 5.75 Å². The second-order valence-corrected chi connectivity index (χ2v) is 7.97. The first-order chi connectivity index (χ1) is 11.2. The summed E-state index contributed by atoms with van der Waals surface area (Å²) in [6.45, 7) is 9.47. The highest BCUT2D eigenvalue weighted by Crippen LogP contribution is 2.27. The fourth-order valence-corrected chi connectivity index (χ4v) is 4.39. The van der Waals surface area contributed by atoms with Crippen LogP contribution in [0.25, 0.3) is 0 Å². The Balaban J connectivity index is 2.38. The Morgan fingerprint density at radius 1 is 0.958 bits per heavy atom. The van der Waals surface area contributed by atoms with Crippen LogP contribution in [0.2, 0.25) is 0 Å². The van der Waals surface area contributed by atoms with E-state index in [1.54, 1.807) is 26.2 Å². The molecule has 0 unspecified atom stereocenters. The fraction of sp³-hybridized carbons (Fsp3) is 0.368. The summed E-state index contributed by atoms with van der Waals surface area (Å²) in [5, 5.41) is 0. The number of nitrogens with one attached hydrogen (secondary N) is 1. The highest BCUT2D eigenvalue weighted by atomic mass is 32.2. The second kappa shape index (κ2) is 6.95. The van der Waals surface area contributed by atoms with E-state index in [1.807, 2.05) is 45.9 Å². The maximum Gasteiger partial charge on any atom is 0.241 e. The third-order valence-corrected chi connectivity index (χ3v) is 5.90. The predicted octanol–water partition coefficient (Wildman–Crippen LogP) is 3.97. The first-order valence-electron chi connectivity index (χ1n) is 7.90. The van der Waals surface area contributed by atoms with Crippen molar-refractivity contribution in [2.75, 3.05) is 7.11 Å². The highest BCUT2D eigenvalue weighted by molar-refractivity contribution is 7.89. The summed E-state index contributed by atoms with van der Waals surface area (Å²) >= 11 is 0. The molecule has 24 heavy (non-hydrogen) atoms. The van der Waals surface area contributed by atoms with Crippen molar-refractivity contribution in [1.82, 2.24) is 4.72 Å². The van der Waals surface area contributed by atoms with E-state index < -0.39 is 10.0 Å². The standard InChI is InChI=1S/C19H25NO3S/c1-12-7-8-13(2)17(9-12)16(5)20-24(21,22)19-11-14(3)18(23-6)10-15(19)4/h7-11,16,20H,1-6H3/t16-/m1/s1. The van der Waals surface area contributed by atoms with Gasteiger partial charge in [0.15, 0.2) is 0 Å². The van der Waals surface area contributed by atoms with E-state index in [4.69, 9.17) is 4.74 Å². The lowest BCUT2D eigenvalue weighted by Crippen LogP contribution is -2.28. The SMILES string of the molecule is COc1cc(C)c(S(=O)(=O)N[C@H](C)c2cc(C)ccc2C)cc1C. The van der Waals surface area contributed by atoms with Crippen LogP contribution in [-0.4, -0.2) is 15.5 Å². The van der Waals surface area contributed by atoms with Gasteiger partial charge in [-0.1, -0.05) is 23.8 Å². The number of ether oxygens (including phenoxy) is 1. The van der Waals surface area contributed by atoms with Gasteiger partial charge in [-0.05, 0) is 69.0 Å². The maximum absolute atomic E-state index is 12.8. The third-order valence-electron chi connectivity index (χ3n) is 4.22. The Morgan fingerprint density at radius 3 is 2.25 bits per heavy atom. The molecule has 2 rings (SSSR count). The van der Waals surface area contributed by atoms with Gasteiger partial charge in [0.05, 0.1) is 12.0 Å². The molecule has 2 aromatic rings. The van der Waals surface area contributed by atoms with Crippen LogP contribution in [0.5, 0.6) is 5.75 Å². The van der Waals surface area contributed by atoms with Crippen molar-refractivity contribution in [2.24, 2.45) is 0 Å². The Kier molecular flexibility index (Phi) is 5.35. The van der Waals surface area contributed by atoms with E-state index in [9.17, 15) is 8.42 Å². The molecule has 0 bridgehead atoms. The normalized spacial score (nSPS) is 12.9. The second-order valence-electron chi connectivity index (χ2n) is 6.29. The minimum atomic E-state index is -3.62. The van der Waals surface area contributed by atoms with E-state index in [1.165, 1.54) is 0 Å². The summed E-state index contributed by atoms with van der Waals surface area (Å²) in [5.74, 6) is 0.689. The summed E-state index contributed by atoms with van der Waals surface area (Å²) in [4.78, 5) is 0.290. The molecule has 0 aromatic heterocycles. The smallest absolute Gasteiger partial charge is 0.241 e. The van der Waals surface area contributed by atoms with Crippen molar-refractivity contribution in [3.8, 4) is 5.75 Å². The first-order valence-corrected chi connectivity index (χ1v) is 9.38. The average molecular weight is 347 g/mol. The van der Waals surface area contributed by atoms with Crippen molar-refractivity contribution in [3.05, 3.63) is 58.1 Å². The molecule has 2 aromatic carbocycles. The van der Waals surface area contributed by atoms with E-state index in [-0.39, 0.29) is 10.9 Å². The largest absolute Gasteiger partial charge is 0.496 e. The number of benzene rings is 2. The average Bonchev–Trinajstić information content (AvgIpc) is 2.50. The topological polar surface area (TPSA) is 55.4 Å². The molecule has 0 aliphatic carbocycles. The molecule has 0 heterocycles. The highest BCUT2D eigenvalue weighted by Gasteiger charge is 2.22. The molecule has 0 radical (unpaired) electrons. The van der Waals surface area contributed by atoms with E-state index >= 15 is 0 Å². The van der Waals surface area contributed by atoms with Crippen LogP contribution >= 0.6 is 0 Å². The Labute approximate surface area is 144 Å². The molecular weight excluding hydrogens is 322 g/mol. The molecule has 0 amide bonds. The van der Waals surface area contributed by atoms with Gasteiger partial charge in [-0.15, -0.1) is 0 Å². The number of sulfonamides is 1. The van der Waals surface area contributed by atoms with Crippen LogP contribution in [0.4, 0.5) is 0 Å². The Hall–Kier alpha value is -1.85. The van der Waals surface area contributed by atoms with Crippen LogP contribution in [0.15, 0.2) is 35.2 Å². The zero-order chi connectivity index (χ0) is 18.1. The van der Waals surface area contributed by atoms with Gasteiger partial charge in [-0.25, -0.2) is 13.1 Å². The van der Waals surface area contributed by atoms with E-state index in [0.29, 0.717) is 11.3 Å². The number of methoxy groups -OCH3 is 1. The Bertz CT molecular complexity index is 857. The van der Waals surface area contributed by atoms with Gasteiger partial charge in [-0.3, -0.25) is 0 Å². The molecular formula is C19H25NO3S. The molecule has 130 valence electrons. The van der Waals surface area contributed by atoms with Crippen molar-refractivity contribution in [3.63, 3.8) is 0 Å². The molecule has 0 spiro atoms. The van der Waals surface area contributed by atoms with E-state index in [2.05, 4.69) is 4.72 Å². The summed E-state index contributed by atoms with van der Waals surface area (Å²) in [7, 11) is -2.04. The van der Waals surface area contributed by atoms with Crippen molar-refractivity contribution in [2.45, 2.75) is 45.6 Å². The van der Waals surface area contributed by atoms with Crippen molar-refractivity contribution in [1.29, 1.82) is 0 Å². The van der Waals surface area contributed by atoms with Crippen LogP contribution in [-0.2, 0) is 10.0 Å². The summed E-state index contributed by atoms with van der Waals surface area (Å²) in [5.41, 5.74) is 4.62. The quantitative estimate of drug-likeness (QED) is 0.890. The lowest BCUT2D eigenvalue weighted by molar-refractivity contribution is 0.411. The van der Waals surface area contributed by atoms with Crippen LogP contribution in [0.3, 0.4) is 0 Å². The molecule has 4 nitrogen and oxygen atoms in total. The van der Waals surface area contributed by atoms with Crippen LogP contribution < -0.4 is 9.46 Å². The summed E-state index contributed by atoms with van der Waals surface area (Å²) in [6.07, 6.45) is 0. The minimum Gasteiger partial charge on any atom is -0.496 e. The molecule has 0 saturated carbocycles. The molecule has 0 fully saturated rings. The van der Waals surface area contributed by atoms with Crippen molar-refractivity contribution < 1.29 is 13.2 Å². The van der Waals surface area contributed by atoms with Gasteiger partial charge in [0, 0.05) is 6.04 Å². The monoisotopic (exact) mass is 347 g/mol. The fourth-order valence-electron chi connectivity index (χ4n) is 2.86. The molecule has 5 heteroatoms. The lowest BCUT2D eigenvalue weighted by Gasteiger charge is -2.19. The van der Waals surface area contributed by atoms with Gasteiger partial charge in [0.25, 0.3) is 0 Å². The molecule has 0 aliphatic rings. The number of hydrogen-bond donors (Lipinski definition) is 1. The first kappa shape index (κ1) is 18.5. The molecule has 1 N–H and O–H groups in total. The maximum atomic E-state index is 12.8. The lowest BCUT2D eigenvalue weighted by atomic mass is 10.0. The third kappa shape index (κ3) is 3.79. The summed E-state index contributed by atoms with van der Waals surface area (Å²) < 4.78 is 33.7. The van der Waals surface area contributed by atoms with E-state index in [0.717, 1.165) is 22.3 Å². The van der Waals surface area contributed by atoms with Crippen LogP contribution in [0, 0.1) is 27.7 Å². The Morgan fingerprint density at radius 2 is 1.62 bits per heavy atom. The number of rotatable bonds is 5. The van der Waals surface area contributed by atoms with Gasteiger partial charge in [0.2, 0.25) is 10.0 Å². The van der Waals surface area contributed by atoms with Crippen LogP contribution in [0.1, 0.15) is 40.8 Å². The van der Waals surface area contributed by atoms with Gasteiger partial charge >= 0.3 is 0 Å². The predicted molar refractivity (Wildman–Crippen MR) is 97.1 cm³/mol. The van der Waals surface area contributed by atoms with Gasteiger partial charge in [-0.2, -0.15) is 0 Å².